The molecule has 0 spiro atoms. The van der Waals surface area contributed by atoms with Gasteiger partial charge in [0, 0.05) is 0 Å². The van der Waals surface area contributed by atoms with Crippen LogP contribution in [-0.4, -0.2) is 17.3 Å². The van der Waals surface area contributed by atoms with Gasteiger partial charge in [-0.05, 0) is 25.0 Å². The fraction of sp³-hybridized carbons (Fsp3) is 0.538. The van der Waals surface area contributed by atoms with Crippen molar-refractivity contribution in [2.24, 2.45) is 0 Å². The van der Waals surface area contributed by atoms with Crippen LogP contribution in [0.1, 0.15) is 32.1 Å². The first-order valence-electron chi connectivity index (χ1n) is 5.90. The van der Waals surface area contributed by atoms with Crippen LogP contribution in [0.4, 0.5) is 4.39 Å². The Morgan fingerprint density at radius 2 is 2.00 bits per heavy atom. The molecule has 1 saturated carbocycles. The largest absolute Gasteiger partial charge is 0.487 e. The fourth-order valence-corrected chi connectivity index (χ4v) is 2.33. The van der Waals surface area contributed by atoms with Crippen molar-refractivity contribution in [3.05, 3.63) is 29.0 Å². The first kappa shape index (κ1) is 12.7. The average Bonchev–Trinajstić information content (AvgIpc) is 2.32. The van der Waals surface area contributed by atoms with Gasteiger partial charge in [-0.15, -0.1) is 0 Å². The van der Waals surface area contributed by atoms with Gasteiger partial charge in [-0.2, -0.15) is 0 Å². The molecule has 1 aromatic carbocycles. The van der Waals surface area contributed by atoms with Crippen molar-refractivity contribution >= 4 is 11.6 Å². The molecule has 94 valence electrons. The van der Waals surface area contributed by atoms with Gasteiger partial charge in [0.05, 0.1) is 10.6 Å². The Morgan fingerprint density at radius 3 is 2.71 bits per heavy atom. The molecular formula is C13H16ClFO2. The summed E-state index contributed by atoms with van der Waals surface area (Å²) in [5, 5.41) is 10.3. The maximum atomic E-state index is 13.5. The van der Waals surface area contributed by atoms with Crippen LogP contribution >= 0.6 is 11.6 Å². The van der Waals surface area contributed by atoms with Crippen LogP contribution in [0.15, 0.2) is 18.2 Å². The number of halogens is 2. The summed E-state index contributed by atoms with van der Waals surface area (Å²) in [6, 6.07) is 4.62. The smallest absolute Gasteiger partial charge is 0.183 e. The first-order valence-corrected chi connectivity index (χ1v) is 6.28. The lowest BCUT2D eigenvalue weighted by Gasteiger charge is -2.31. The fourth-order valence-electron chi connectivity index (χ4n) is 2.16. The van der Waals surface area contributed by atoms with E-state index in [1.165, 1.54) is 12.1 Å². The maximum Gasteiger partial charge on any atom is 0.183 e. The van der Waals surface area contributed by atoms with Gasteiger partial charge in [0.2, 0.25) is 0 Å². The Balaban J connectivity index is 1.99. The van der Waals surface area contributed by atoms with Crippen LogP contribution in [0.25, 0.3) is 0 Å². The van der Waals surface area contributed by atoms with Crippen molar-refractivity contribution in [2.45, 2.75) is 37.7 Å². The van der Waals surface area contributed by atoms with Gasteiger partial charge in [-0.3, -0.25) is 0 Å². The molecule has 4 heteroatoms. The third-order valence-corrected chi connectivity index (χ3v) is 3.49. The van der Waals surface area contributed by atoms with Crippen LogP contribution in [0.5, 0.6) is 5.75 Å². The molecule has 17 heavy (non-hydrogen) atoms. The summed E-state index contributed by atoms with van der Waals surface area (Å²) in [5.74, 6) is -0.454. The number of rotatable bonds is 3. The van der Waals surface area contributed by atoms with Gasteiger partial charge in [0.1, 0.15) is 6.61 Å². The summed E-state index contributed by atoms with van der Waals surface area (Å²) in [5.41, 5.74) is -0.812. The van der Waals surface area contributed by atoms with E-state index < -0.39 is 11.4 Å². The molecule has 0 aromatic heterocycles. The summed E-state index contributed by atoms with van der Waals surface area (Å²) in [4.78, 5) is 0. The van der Waals surface area contributed by atoms with E-state index in [-0.39, 0.29) is 17.4 Å². The van der Waals surface area contributed by atoms with Crippen molar-refractivity contribution in [2.75, 3.05) is 6.61 Å². The summed E-state index contributed by atoms with van der Waals surface area (Å²) in [6.45, 7) is 0.129. The molecule has 0 saturated heterocycles. The number of benzene rings is 1. The van der Waals surface area contributed by atoms with Crippen molar-refractivity contribution in [1.82, 2.24) is 0 Å². The molecule has 0 aliphatic heterocycles. The predicted molar refractivity (Wildman–Crippen MR) is 64.9 cm³/mol. The molecule has 0 radical (unpaired) electrons. The van der Waals surface area contributed by atoms with E-state index in [1.807, 2.05) is 0 Å². The Bertz CT molecular complexity index is 389. The highest BCUT2D eigenvalue weighted by atomic mass is 35.5. The van der Waals surface area contributed by atoms with Crippen molar-refractivity contribution < 1.29 is 14.2 Å². The van der Waals surface area contributed by atoms with Crippen LogP contribution in [-0.2, 0) is 0 Å². The third-order valence-electron chi connectivity index (χ3n) is 3.20. The lowest BCUT2D eigenvalue weighted by molar-refractivity contribution is -0.0346. The Kier molecular flexibility index (Phi) is 3.89. The summed E-state index contributed by atoms with van der Waals surface area (Å²) in [7, 11) is 0. The highest BCUT2D eigenvalue weighted by Gasteiger charge is 2.30. The third kappa shape index (κ3) is 3.11. The lowest BCUT2D eigenvalue weighted by Crippen LogP contribution is -2.38. The number of hydrogen-bond acceptors (Lipinski definition) is 2. The minimum Gasteiger partial charge on any atom is -0.487 e. The first-order chi connectivity index (χ1) is 8.11. The van der Waals surface area contributed by atoms with Crippen molar-refractivity contribution in [1.29, 1.82) is 0 Å². The zero-order valence-electron chi connectivity index (χ0n) is 9.59. The molecule has 0 amide bonds. The SMILES string of the molecule is OC1(COc2cccc(Cl)c2F)CCCCC1. The molecule has 0 atom stereocenters. The van der Waals surface area contributed by atoms with Crippen LogP contribution in [0, 0.1) is 5.82 Å². The molecule has 0 bridgehead atoms. The van der Waals surface area contributed by atoms with Gasteiger partial charge in [-0.25, -0.2) is 4.39 Å². The van der Waals surface area contributed by atoms with Gasteiger partial charge in [0.25, 0.3) is 0 Å². The molecule has 1 fully saturated rings. The normalized spacial score (nSPS) is 19.0. The second-order valence-corrected chi connectivity index (χ2v) is 5.03. The molecule has 0 unspecified atom stereocenters. The molecule has 1 aliphatic rings. The van der Waals surface area contributed by atoms with E-state index in [0.717, 1.165) is 32.1 Å². The Labute approximate surface area is 105 Å². The second kappa shape index (κ2) is 5.23. The molecule has 1 N–H and O–H groups in total. The van der Waals surface area contributed by atoms with E-state index in [9.17, 15) is 9.50 Å². The van der Waals surface area contributed by atoms with Gasteiger partial charge in [0.15, 0.2) is 11.6 Å². The molecule has 2 nitrogen and oxygen atoms in total. The zero-order chi connectivity index (χ0) is 12.3. The average molecular weight is 259 g/mol. The van der Waals surface area contributed by atoms with E-state index in [0.29, 0.717) is 0 Å². The minimum atomic E-state index is -0.812. The number of hydrogen-bond donors (Lipinski definition) is 1. The standard InChI is InChI=1S/C13H16ClFO2/c14-10-5-4-6-11(12(10)15)17-9-13(16)7-2-1-3-8-13/h4-6,16H,1-3,7-9H2. The molecule has 2 rings (SSSR count). The Hall–Kier alpha value is -0.800. The zero-order valence-corrected chi connectivity index (χ0v) is 10.3. The lowest BCUT2D eigenvalue weighted by atomic mass is 9.85. The maximum absolute atomic E-state index is 13.5. The number of ether oxygens (including phenoxy) is 1. The van der Waals surface area contributed by atoms with Gasteiger partial charge >= 0.3 is 0 Å². The summed E-state index contributed by atoms with van der Waals surface area (Å²) < 4.78 is 18.9. The summed E-state index contributed by atoms with van der Waals surface area (Å²) >= 11 is 5.65. The van der Waals surface area contributed by atoms with E-state index in [4.69, 9.17) is 16.3 Å². The number of aliphatic hydroxyl groups is 1. The molecule has 0 heterocycles. The minimum absolute atomic E-state index is 0.0399. The predicted octanol–water partition coefficient (Wildman–Crippen LogP) is 3.55. The van der Waals surface area contributed by atoms with Crippen LogP contribution < -0.4 is 4.74 Å². The highest BCUT2D eigenvalue weighted by molar-refractivity contribution is 6.30. The van der Waals surface area contributed by atoms with Crippen LogP contribution in [0.2, 0.25) is 5.02 Å². The molecular weight excluding hydrogens is 243 g/mol. The summed E-state index contributed by atoms with van der Waals surface area (Å²) in [6.07, 6.45) is 4.58. The molecule has 1 aliphatic carbocycles. The van der Waals surface area contributed by atoms with Crippen molar-refractivity contribution in [3.8, 4) is 5.75 Å². The molecule has 1 aromatic rings. The van der Waals surface area contributed by atoms with Crippen molar-refractivity contribution in [3.63, 3.8) is 0 Å². The van der Waals surface area contributed by atoms with Gasteiger partial charge < -0.3 is 9.84 Å². The van der Waals surface area contributed by atoms with Crippen LogP contribution in [0.3, 0.4) is 0 Å². The topological polar surface area (TPSA) is 29.5 Å². The quantitative estimate of drug-likeness (QED) is 0.898. The van der Waals surface area contributed by atoms with E-state index in [1.54, 1.807) is 6.07 Å². The van der Waals surface area contributed by atoms with Gasteiger partial charge in [-0.1, -0.05) is 36.9 Å². The van der Waals surface area contributed by atoms with E-state index >= 15 is 0 Å². The highest BCUT2D eigenvalue weighted by Crippen LogP contribution is 2.30. The second-order valence-electron chi connectivity index (χ2n) is 4.63. The van der Waals surface area contributed by atoms with E-state index in [2.05, 4.69) is 0 Å². The Morgan fingerprint density at radius 1 is 1.29 bits per heavy atom. The monoisotopic (exact) mass is 258 g/mol.